The van der Waals surface area contributed by atoms with Crippen LogP contribution in [0.3, 0.4) is 0 Å². The van der Waals surface area contributed by atoms with Crippen molar-refractivity contribution in [1.29, 1.82) is 0 Å². The molecule has 2 heterocycles. The summed E-state index contributed by atoms with van der Waals surface area (Å²) in [5, 5.41) is 18.0. The van der Waals surface area contributed by atoms with Gasteiger partial charge < -0.3 is 9.84 Å². The summed E-state index contributed by atoms with van der Waals surface area (Å²) in [6, 6.07) is 6.16. The SMILES string of the molecule is CCC1(c2nc(-c3ccc([N+](=O)[O-])cc3)no2)CCNC1. The molecule has 0 radical (unpaired) electrons. The molecule has 1 fully saturated rings. The van der Waals surface area contributed by atoms with Crippen LogP contribution in [0.5, 0.6) is 0 Å². The second kappa shape index (κ2) is 5.25. The van der Waals surface area contributed by atoms with E-state index in [1.54, 1.807) is 12.1 Å². The first-order valence-corrected chi connectivity index (χ1v) is 6.94. The first-order valence-electron chi connectivity index (χ1n) is 6.94. The highest BCUT2D eigenvalue weighted by atomic mass is 16.6. The Morgan fingerprint density at radius 1 is 1.43 bits per heavy atom. The third kappa shape index (κ3) is 2.40. The third-order valence-corrected chi connectivity index (χ3v) is 4.14. The fraction of sp³-hybridized carbons (Fsp3) is 0.429. The molecule has 0 bridgehead atoms. The quantitative estimate of drug-likeness (QED) is 0.685. The van der Waals surface area contributed by atoms with Gasteiger partial charge in [-0.2, -0.15) is 4.98 Å². The summed E-state index contributed by atoms with van der Waals surface area (Å²) in [5.74, 6) is 1.11. The predicted octanol–water partition coefficient (Wildman–Crippen LogP) is 2.29. The highest BCUT2D eigenvalue weighted by Gasteiger charge is 2.39. The van der Waals surface area contributed by atoms with Crippen molar-refractivity contribution in [3.8, 4) is 11.4 Å². The van der Waals surface area contributed by atoms with E-state index < -0.39 is 4.92 Å². The van der Waals surface area contributed by atoms with Crippen LogP contribution in [-0.2, 0) is 5.41 Å². The molecule has 7 nitrogen and oxygen atoms in total. The van der Waals surface area contributed by atoms with Crippen molar-refractivity contribution in [2.75, 3.05) is 13.1 Å². The van der Waals surface area contributed by atoms with Gasteiger partial charge in [-0.15, -0.1) is 0 Å². The number of aromatic nitrogens is 2. The first-order chi connectivity index (χ1) is 10.1. The Bertz CT molecular complexity index is 644. The van der Waals surface area contributed by atoms with Crippen LogP contribution in [0.25, 0.3) is 11.4 Å². The summed E-state index contributed by atoms with van der Waals surface area (Å²) in [6.07, 6.45) is 1.91. The van der Waals surface area contributed by atoms with E-state index in [-0.39, 0.29) is 11.1 Å². The van der Waals surface area contributed by atoms with E-state index in [1.165, 1.54) is 12.1 Å². The molecule has 1 aliphatic rings. The number of rotatable bonds is 4. The molecule has 0 amide bonds. The summed E-state index contributed by atoms with van der Waals surface area (Å²) in [5.41, 5.74) is 0.673. The van der Waals surface area contributed by atoms with Crippen molar-refractivity contribution >= 4 is 5.69 Å². The molecule has 1 aromatic carbocycles. The molecule has 0 aliphatic carbocycles. The van der Waals surface area contributed by atoms with Crippen molar-refractivity contribution in [3.63, 3.8) is 0 Å². The Labute approximate surface area is 121 Å². The van der Waals surface area contributed by atoms with Gasteiger partial charge in [-0.3, -0.25) is 10.1 Å². The van der Waals surface area contributed by atoms with Gasteiger partial charge in [0.25, 0.3) is 5.69 Å². The van der Waals surface area contributed by atoms with Crippen LogP contribution in [-0.4, -0.2) is 28.2 Å². The Morgan fingerprint density at radius 2 is 2.19 bits per heavy atom. The normalized spacial score (nSPS) is 21.6. The van der Waals surface area contributed by atoms with E-state index in [1.807, 2.05) is 0 Å². The monoisotopic (exact) mass is 288 g/mol. The zero-order valence-electron chi connectivity index (χ0n) is 11.7. The molecule has 3 rings (SSSR count). The lowest BCUT2D eigenvalue weighted by atomic mass is 9.84. The van der Waals surface area contributed by atoms with Gasteiger partial charge in [0.2, 0.25) is 11.7 Å². The summed E-state index contributed by atoms with van der Waals surface area (Å²) in [7, 11) is 0. The lowest BCUT2D eigenvalue weighted by molar-refractivity contribution is -0.384. The van der Waals surface area contributed by atoms with E-state index >= 15 is 0 Å². The highest BCUT2D eigenvalue weighted by molar-refractivity contribution is 5.56. The fourth-order valence-corrected chi connectivity index (χ4v) is 2.67. The molecule has 2 aromatic rings. The van der Waals surface area contributed by atoms with Crippen LogP contribution in [0.15, 0.2) is 28.8 Å². The third-order valence-electron chi connectivity index (χ3n) is 4.14. The summed E-state index contributed by atoms with van der Waals surface area (Å²) in [6.45, 7) is 3.90. The minimum Gasteiger partial charge on any atom is -0.338 e. The molecule has 7 heteroatoms. The number of hydrogen-bond acceptors (Lipinski definition) is 6. The Hall–Kier alpha value is -2.28. The van der Waals surface area contributed by atoms with Crippen molar-refractivity contribution < 1.29 is 9.45 Å². The summed E-state index contributed by atoms with van der Waals surface area (Å²) in [4.78, 5) is 14.7. The van der Waals surface area contributed by atoms with E-state index in [4.69, 9.17) is 4.52 Å². The van der Waals surface area contributed by atoms with Gasteiger partial charge in [0.1, 0.15) is 0 Å². The molecular weight excluding hydrogens is 272 g/mol. The number of hydrogen-bond donors (Lipinski definition) is 1. The highest BCUT2D eigenvalue weighted by Crippen LogP contribution is 2.34. The number of benzene rings is 1. The molecule has 0 saturated carbocycles. The number of nitrogens with one attached hydrogen (secondary N) is 1. The topological polar surface area (TPSA) is 94.1 Å². The zero-order chi connectivity index (χ0) is 14.9. The lowest BCUT2D eigenvalue weighted by Crippen LogP contribution is -2.28. The number of nitro groups is 1. The van der Waals surface area contributed by atoms with Crippen LogP contribution >= 0.6 is 0 Å². The van der Waals surface area contributed by atoms with Gasteiger partial charge in [0, 0.05) is 24.2 Å². The molecule has 21 heavy (non-hydrogen) atoms. The van der Waals surface area contributed by atoms with Crippen molar-refractivity contribution in [2.45, 2.75) is 25.2 Å². The molecular formula is C14H16N4O3. The maximum Gasteiger partial charge on any atom is 0.269 e. The lowest BCUT2D eigenvalue weighted by Gasteiger charge is -2.20. The Kier molecular flexibility index (Phi) is 3.42. The molecule has 1 aromatic heterocycles. The number of nitrogens with zero attached hydrogens (tertiary/aromatic N) is 3. The van der Waals surface area contributed by atoms with Crippen LogP contribution in [0.4, 0.5) is 5.69 Å². The molecule has 0 spiro atoms. The van der Waals surface area contributed by atoms with E-state index in [2.05, 4.69) is 22.4 Å². The van der Waals surface area contributed by atoms with Crippen LogP contribution in [0, 0.1) is 10.1 Å². The van der Waals surface area contributed by atoms with Gasteiger partial charge in [-0.05, 0) is 31.5 Å². The zero-order valence-corrected chi connectivity index (χ0v) is 11.7. The first kappa shape index (κ1) is 13.7. The van der Waals surface area contributed by atoms with Crippen molar-refractivity contribution in [3.05, 3.63) is 40.3 Å². The van der Waals surface area contributed by atoms with Gasteiger partial charge in [-0.25, -0.2) is 0 Å². The van der Waals surface area contributed by atoms with Gasteiger partial charge in [0.05, 0.1) is 10.3 Å². The van der Waals surface area contributed by atoms with Crippen molar-refractivity contribution in [1.82, 2.24) is 15.5 Å². The van der Waals surface area contributed by atoms with E-state index in [0.29, 0.717) is 17.3 Å². The van der Waals surface area contributed by atoms with Gasteiger partial charge in [-0.1, -0.05) is 12.1 Å². The van der Waals surface area contributed by atoms with Gasteiger partial charge in [0.15, 0.2) is 0 Å². The van der Waals surface area contributed by atoms with E-state index in [9.17, 15) is 10.1 Å². The minimum atomic E-state index is -0.429. The standard InChI is InChI=1S/C14H16N4O3/c1-2-14(7-8-15-9-14)13-16-12(17-21-13)10-3-5-11(6-4-10)18(19)20/h3-6,15H,2,7-9H2,1H3. The van der Waals surface area contributed by atoms with Crippen LogP contribution in [0.2, 0.25) is 0 Å². The second-order valence-corrected chi connectivity index (χ2v) is 5.29. The molecule has 1 saturated heterocycles. The second-order valence-electron chi connectivity index (χ2n) is 5.29. The van der Waals surface area contributed by atoms with E-state index in [0.717, 1.165) is 25.9 Å². The maximum atomic E-state index is 10.7. The predicted molar refractivity (Wildman–Crippen MR) is 75.8 cm³/mol. The Morgan fingerprint density at radius 3 is 2.76 bits per heavy atom. The summed E-state index contributed by atoms with van der Waals surface area (Å²) < 4.78 is 5.44. The van der Waals surface area contributed by atoms with Crippen LogP contribution in [0.1, 0.15) is 25.7 Å². The smallest absolute Gasteiger partial charge is 0.269 e. The number of nitro benzene ring substituents is 1. The fourth-order valence-electron chi connectivity index (χ4n) is 2.67. The average Bonchev–Trinajstić information content (AvgIpc) is 3.17. The maximum absolute atomic E-state index is 10.7. The minimum absolute atomic E-state index is 0.0486. The average molecular weight is 288 g/mol. The van der Waals surface area contributed by atoms with Crippen molar-refractivity contribution in [2.24, 2.45) is 0 Å². The molecule has 110 valence electrons. The largest absolute Gasteiger partial charge is 0.338 e. The van der Waals surface area contributed by atoms with Crippen LogP contribution < -0.4 is 5.32 Å². The molecule has 1 atom stereocenters. The number of non-ortho nitro benzene ring substituents is 1. The molecule has 1 unspecified atom stereocenters. The van der Waals surface area contributed by atoms with Gasteiger partial charge >= 0.3 is 0 Å². The molecule has 1 aliphatic heterocycles. The summed E-state index contributed by atoms with van der Waals surface area (Å²) >= 11 is 0. The molecule has 1 N–H and O–H groups in total. The Balaban J connectivity index is 1.89.